The van der Waals surface area contributed by atoms with E-state index < -0.39 is 23.2 Å². The molecule has 9 heteroatoms. The molecule has 140 valence electrons. The van der Waals surface area contributed by atoms with E-state index in [2.05, 4.69) is 9.72 Å². The summed E-state index contributed by atoms with van der Waals surface area (Å²) >= 11 is 0.910. The maximum atomic E-state index is 14.4. The molecule has 1 aliphatic rings. The summed E-state index contributed by atoms with van der Waals surface area (Å²) in [6, 6.07) is 0.707. The van der Waals surface area contributed by atoms with Crippen LogP contribution in [0.25, 0.3) is 10.6 Å². The predicted molar refractivity (Wildman–Crippen MR) is 89.9 cm³/mol. The van der Waals surface area contributed by atoms with Gasteiger partial charge in [-0.15, -0.1) is 11.3 Å². The number of rotatable bonds is 3. The van der Waals surface area contributed by atoms with E-state index in [0.717, 1.165) is 18.4 Å². The summed E-state index contributed by atoms with van der Waals surface area (Å²) in [5.41, 5.74) is -0.256. The minimum Gasteiger partial charge on any atom is -0.491 e. The van der Waals surface area contributed by atoms with Crippen LogP contribution in [-0.2, 0) is 4.74 Å². The van der Waals surface area contributed by atoms with Gasteiger partial charge in [-0.05, 0) is 19.9 Å². The van der Waals surface area contributed by atoms with E-state index in [-0.39, 0.29) is 33.6 Å². The van der Waals surface area contributed by atoms with Crippen molar-refractivity contribution in [3.8, 4) is 16.3 Å². The number of nitrogens with zero attached hydrogens (tertiary/aromatic N) is 2. The fourth-order valence-electron chi connectivity index (χ4n) is 2.91. The number of morpholine rings is 1. The van der Waals surface area contributed by atoms with Crippen molar-refractivity contribution in [2.75, 3.05) is 20.2 Å². The van der Waals surface area contributed by atoms with Crippen molar-refractivity contribution in [1.82, 2.24) is 9.88 Å². The molecule has 0 radical (unpaired) electrons. The maximum absolute atomic E-state index is 14.4. The van der Waals surface area contributed by atoms with Gasteiger partial charge in [0, 0.05) is 13.1 Å². The van der Waals surface area contributed by atoms with Gasteiger partial charge in [0.05, 0.1) is 31.1 Å². The zero-order valence-electron chi connectivity index (χ0n) is 14.4. The Labute approximate surface area is 152 Å². The number of amides is 1. The highest BCUT2D eigenvalue weighted by atomic mass is 32.1. The zero-order chi connectivity index (χ0) is 19.0. The first-order valence-electron chi connectivity index (χ1n) is 7.94. The summed E-state index contributed by atoms with van der Waals surface area (Å²) in [4.78, 5) is 18.6. The average Bonchev–Trinajstić information content (AvgIpc) is 3.07. The van der Waals surface area contributed by atoms with Gasteiger partial charge in [-0.2, -0.15) is 4.39 Å². The molecule has 3 rings (SSSR count). The molecule has 1 fully saturated rings. The number of aromatic nitrogens is 1. The van der Waals surface area contributed by atoms with Crippen LogP contribution in [0.1, 0.15) is 23.5 Å². The van der Waals surface area contributed by atoms with Gasteiger partial charge in [0.1, 0.15) is 9.88 Å². The maximum Gasteiger partial charge on any atom is 0.265 e. The van der Waals surface area contributed by atoms with Crippen molar-refractivity contribution in [2.45, 2.75) is 26.1 Å². The second-order valence-corrected chi connectivity index (χ2v) is 7.09. The summed E-state index contributed by atoms with van der Waals surface area (Å²) in [5, 5.41) is 0.0670. The summed E-state index contributed by atoms with van der Waals surface area (Å²) in [7, 11) is 1.04. The fourth-order valence-corrected chi connectivity index (χ4v) is 3.81. The van der Waals surface area contributed by atoms with Gasteiger partial charge in [-0.3, -0.25) is 4.79 Å². The standard InChI is InChI=1S/C17H17F3N2O3S/c1-8-6-22(7-9(2)25-8)17(23)12-5-21-16(26-12)10-4-11(18)14(20)15(24-3)13(10)19/h4-5,8-9H,6-7H2,1-3H3/t8-,9+. The third kappa shape index (κ3) is 3.41. The molecule has 5 nitrogen and oxygen atoms in total. The van der Waals surface area contributed by atoms with Gasteiger partial charge in [0.15, 0.2) is 17.4 Å². The van der Waals surface area contributed by atoms with Crippen molar-refractivity contribution in [2.24, 2.45) is 0 Å². The fraction of sp³-hybridized carbons (Fsp3) is 0.412. The van der Waals surface area contributed by atoms with Gasteiger partial charge < -0.3 is 14.4 Å². The summed E-state index contributed by atoms with van der Waals surface area (Å²) in [6.07, 6.45) is 1.12. The molecule has 0 saturated carbocycles. The molecule has 2 atom stereocenters. The Bertz CT molecular complexity index is 833. The summed E-state index contributed by atoms with van der Waals surface area (Å²) < 4.78 is 51.9. The Balaban J connectivity index is 1.91. The van der Waals surface area contributed by atoms with Crippen LogP contribution in [0, 0.1) is 17.5 Å². The monoisotopic (exact) mass is 386 g/mol. The summed E-state index contributed by atoms with van der Waals surface area (Å²) in [6.45, 7) is 4.61. The Morgan fingerprint density at radius 1 is 1.27 bits per heavy atom. The molecule has 0 aliphatic carbocycles. The molecule has 1 aromatic heterocycles. The molecule has 1 aromatic carbocycles. The average molecular weight is 386 g/mol. The number of hydrogen-bond donors (Lipinski definition) is 0. The number of carbonyl (C=O) groups excluding carboxylic acids is 1. The van der Waals surface area contributed by atoms with E-state index in [1.807, 2.05) is 13.8 Å². The molecule has 2 aromatic rings. The first-order chi connectivity index (χ1) is 12.3. The van der Waals surface area contributed by atoms with Gasteiger partial charge in [-0.25, -0.2) is 13.8 Å². The van der Waals surface area contributed by atoms with E-state index in [9.17, 15) is 18.0 Å². The smallest absolute Gasteiger partial charge is 0.265 e. The molecule has 1 amide bonds. The molecular weight excluding hydrogens is 369 g/mol. The van der Waals surface area contributed by atoms with E-state index in [0.29, 0.717) is 19.2 Å². The Morgan fingerprint density at radius 3 is 2.54 bits per heavy atom. The molecule has 0 spiro atoms. The molecular formula is C17H17F3N2O3S. The minimum absolute atomic E-state index is 0.0670. The van der Waals surface area contributed by atoms with Crippen LogP contribution < -0.4 is 4.74 Å². The van der Waals surface area contributed by atoms with E-state index in [1.165, 1.54) is 6.20 Å². The largest absolute Gasteiger partial charge is 0.491 e. The first-order valence-corrected chi connectivity index (χ1v) is 8.75. The number of halogens is 3. The summed E-state index contributed by atoms with van der Waals surface area (Å²) in [5.74, 6) is -4.80. The molecule has 0 unspecified atom stereocenters. The number of methoxy groups -OCH3 is 1. The number of ether oxygens (including phenoxy) is 2. The number of benzene rings is 1. The third-order valence-electron chi connectivity index (χ3n) is 3.97. The highest BCUT2D eigenvalue weighted by molar-refractivity contribution is 7.16. The zero-order valence-corrected chi connectivity index (χ0v) is 15.2. The number of thiazole rings is 1. The Morgan fingerprint density at radius 2 is 1.92 bits per heavy atom. The van der Waals surface area contributed by atoms with Crippen molar-refractivity contribution in [3.05, 3.63) is 34.6 Å². The molecule has 1 aliphatic heterocycles. The lowest BCUT2D eigenvalue weighted by atomic mass is 10.2. The number of hydrogen-bond acceptors (Lipinski definition) is 5. The second kappa shape index (κ2) is 7.24. The van der Waals surface area contributed by atoms with Gasteiger partial charge >= 0.3 is 0 Å². The third-order valence-corrected chi connectivity index (χ3v) is 4.99. The Kier molecular flexibility index (Phi) is 5.19. The van der Waals surface area contributed by atoms with Crippen molar-refractivity contribution in [1.29, 1.82) is 0 Å². The highest BCUT2D eigenvalue weighted by Crippen LogP contribution is 2.35. The van der Waals surface area contributed by atoms with Crippen LogP contribution in [0.2, 0.25) is 0 Å². The quantitative estimate of drug-likeness (QED) is 0.758. The lowest BCUT2D eigenvalue weighted by Crippen LogP contribution is -2.48. The molecule has 1 saturated heterocycles. The molecule has 0 N–H and O–H groups in total. The van der Waals surface area contributed by atoms with Crippen molar-refractivity contribution in [3.63, 3.8) is 0 Å². The van der Waals surface area contributed by atoms with E-state index in [4.69, 9.17) is 4.74 Å². The number of carbonyl (C=O) groups is 1. The second-order valence-electron chi connectivity index (χ2n) is 6.06. The van der Waals surface area contributed by atoms with Crippen LogP contribution in [0.4, 0.5) is 13.2 Å². The van der Waals surface area contributed by atoms with Crippen LogP contribution in [0.5, 0.6) is 5.75 Å². The molecule has 0 bridgehead atoms. The predicted octanol–water partition coefficient (Wildman–Crippen LogP) is 3.49. The lowest BCUT2D eigenvalue weighted by molar-refractivity contribution is -0.0585. The van der Waals surface area contributed by atoms with E-state index >= 15 is 0 Å². The SMILES string of the molecule is COc1c(F)c(F)cc(-c2ncc(C(=O)N3C[C@@H](C)O[C@@H](C)C3)s2)c1F. The van der Waals surface area contributed by atoms with Crippen LogP contribution in [0.15, 0.2) is 12.3 Å². The normalized spacial score (nSPS) is 20.3. The van der Waals surface area contributed by atoms with Gasteiger partial charge in [0.25, 0.3) is 5.91 Å². The van der Waals surface area contributed by atoms with Crippen LogP contribution in [-0.4, -0.2) is 48.2 Å². The first kappa shape index (κ1) is 18.7. The minimum atomic E-state index is -1.40. The van der Waals surface area contributed by atoms with Crippen LogP contribution >= 0.6 is 11.3 Å². The molecule has 26 heavy (non-hydrogen) atoms. The highest BCUT2D eigenvalue weighted by Gasteiger charge is 2.29. The topological polar surface area (TPSA) is 51.7 Å². The van der Waals surface area contributed by atoms with Crippen LogP contribution in [0.3, 0.4) is 0 Å². The Hall–Kier alpha value is -2.13. The van der Waals surface area contributed by atoms with Gasteiger partial charge in [-0.1, -0.05) is 0 Å². The van der Waals surface area contributed by atoms with Crippen molar-refractivity contribution < 1.29 is 27.4 Å². The molecule has 2 heterocycles. The van der Waals surface area contributed by atoms with Crippen molar-refractivity contribution >= 4 is 17.2 Å². The lowest BCUT2D eigenvalue weighted by Gasteiger charge is -2.35. The van der Waals surface area contributed by atoms with E-state index in [1.54, 1.807) is 4.90 Å². The van der Waals surface area contributed by atoms with Gasteiger partial charge in [0.2, 0.25) is 5.82 Å².